The van der Waals surface area contributed by atoms with Crippen LogP contribution in [0.5, 0.6) is 0 Å². The molecule has 2 aromatic rings. The van der Waals surface area contributed by atoms with Gasteiger partial charge in [-0.25, -0.2) is 4.39 Å². The van der Waals surface area contributed by atoms with Crippen LogP contribution in [0.3, 0.4) is 0 Å². The Labute approximate surface area is 121 Å². The lowest BCUT2D eigenvalue weighted by atomic mass is 10.2. The van der Waals surface area contributed by atoms with E-state index in [1.54, 1.807) is 0 Å². The fourth-order valence-electron chi connectivity index (χ4n) is 2.42. The quantitative estimate of drug-likeness (QED) is 0.717. The minimum atomic E-state index is -1.89. The Balaban J connectivity index is 2.46. The lowest BCUT2D eigenvalue weighted by Gasteiger charge is -2.28. The molecule has 0 atom stereocenters. The Morgan fingerprint density at radius 2 is 1.65 bits per heavy atom. The lowest BCUT2D eigenvalue weighted by Crippen LogP contribution is -2.44. The van der Waals surface area contributed by atoms with E-state index in [0.29, 0.717) is 0 Å². The Kier molecular flexibility index (Phi) is 4.05. The van der Waals surface area contributed by atoms with Crippen molar-refractivity contribution in [2.75, 3.05) is 0 Å². The van der Waals surface area contributed by atoms with Gasteiger partial charge in [-0.2, -0.15) is 0 Å². The second kappa shape index (κ2) is 5.59. The van der Waals surface area contributed by atoms with Gasteiger partial charge in [-0.3, -0.25) is 0 Å². The van der Waals surface area contributed by atoms with E-state index in [1.807, 2.05) is 24.3 Å². The van der Waals surface area contributed by atoms with Crippen molar-refractivity contribution < 1.29 is 4.39 Å². The zero-order chi connectivity index (χ0) is 14.8. The Morgan fingerprint density at radius 3 is 2.25 bits per heavy atom. The molecule has 0 nitrogen and oxygen atoms in total. The summed E-state index contributed by atoms with van der Waals surface area (Å²) in [5.41, 5.74) is 2.18. The highest BCUT2D eigenvalue weighted by Crippen LogP contribution is 2.25. The van der Waals surface area contributed by atoms with Gasteiger partial charge < -0.3 is 0 Å². The third-order valence-electron chi connectivity index (χ3n) is 3.80. The first kappa shape index (κ1) is 14.5. The van der Waals surface area contributed by atoms with Gasteiger partial charge in [0.25, 0.3) is 0 Å². The van der Waals surface area contributed by atoms with Crippen molar-refractivity contribution in [1.29, 1.82) is 0 Å². The van der Waals surface area contributed by atoms with Crippen LogP contribution >= 0.6 is 0 Å². The molecular formula is C18H19FSi. The van der Waals surface area contributed by atoms with Crippen LogP contribution in [0.4, 0.5) is 4.39 Å². The van der Waals surface area contributed by atoms with Gasteiger partial charge in [0, 0.05) is 0 Å². The fraction of sp³-hybridized carbons (Fsp3) is 0.111. The minimum Gasteiger partial charge on any atom is -0.207 e. The molecular weight excluding hydrogens is 263 g/mol. The topological polar surface area (TPSA) is 0 Å². The lowest BCUT2D eigenvalue weighted by molar-refractivity contribution is 0.627. The zero-order valence-electron chi connectivity index (χ0n) is 12.0. The Morgan fingerprint density at radius 1 is 1.05 bits per heavy atom. The van der Waals surface area contributed by atoms with E-state index in [-0.39, 0.29) is 5.82 Å². The molecule has 2 aromatic carbocycles. The van der Waals surface area contributed by atoms with E-state index in [4.69, 9.17) is 0 Å². The predicted octanol–water partition coefficient (Wildman–Crippen LogP) is 4.64. The van der Waals surface area contributed by atoms with Crippen LogP contribution in [0.2, 0.25) is 13.1 Å². The summed E-state index contributed by atoms with van der Waals surface area (Å²) < 4.78 is 13.1. The first-order valence-corrected chi connectivity index (χ1v) is 9.64. The van der Waals surface area contributed by atoms with E-state index in [9.17, 15) is 4.39 Å². The van der Waals surface area contributed by atoms with Crippen molar-refractivity contribution in [3.63, 3.8) is 0 Å². The molecule has 102 valence electrons. The number of benzene rings is 2. The van der Waals surface area contributed by atoms with E-state index in [2.05, 4.69) is 44.5 Å². The molecule has 0 aliphatic carbocycles. The normalized spacial score (nSPS) is 11.2. The van der Waals surface area contributed by atoms with Crippen LogP contribution in [0.15, 0.2) is 61.7 Å². The van der Waals surface area contributed by atoms with E-state index >= 15 is 0 Å². The highest BCUT2D eigenvalue weighted by molar-refractivity contribution is 7.04. The summed E-state index contributed by atoms with van der Waals surface area (Å²) in [6.07, 6.45) is 1.89. The molecule has 20 heavy (non-hydrogen) atoms. The molecule has 0 radical (unpaired) electrons. The van der Waals surface area contributed by atoms with Crippen molar-refractivity contribution in [2.24, 2.45) is 0 Å². The van der Waals surface area contributed by atoms with Crippen molar-refractivity contribution in [1.82, 2.24) is 0 Å². The van der Waals surface area contributed by atoms with E-state index in [0.717, 1.165) is 16.3 Å². The van der Waals surface area contributed by atoms with E-state index < -0.39 is 8.07 Å². The summed E-state index contributed by atoms with van der Waals surface area (Å²) >= 11 is 0. The largest absolute Gasteiger partial charge is 0.207 e. The molecule has 2 heteroatoms. The maximum atomic E-state index is 13.1. The van der Waals surface area contributed by atoms with Gasteiger partial charge in [0.2, 0.25) is 0 Å². The van der Waals surface area contributed by atoms with Crippen LogP contribution in [0, 0.1) is 5.82 Å². The second-order valence-corrected chi connectivity index (χ2v) is 9.79. The molecule has 0 saturated heterocycles. The predicted molar refractivity (Wildman–Crippen MR) is 89.1 cm³/mol. The number of hydrogen-bond donors (Lipinski definition) is 0. The van der Waals surface area contributed by atoms with Gasteiger partial charge in [-0.15, -0.1) is 0 Å². The van der Waals surface area contributed by atoms with Crippen molar-refractivity contribution >= 4 is 24.5 Å². The fourth-order valence-corrected chi connectivity index (χ4v) is 5.05. The van der Waals surface area contributed by atoms with Gasteiger partial charge in [-0.05, 0) is 28.4 Å². The molecule has 0 amide bonds. The summed E-state index contributed by atoms with van der Waals surface area (Å²) in [5, 5.41) is 2.41. The van der Waals surface area contributed by atoms with Gasteiger partial charge >= 0.3 is 0 Å². The molecule has 0 spiro atoms. The molecule has 0 bridgehead atoms. The van der Waals surface area contributed by atoms with Crippen LogP contribution < -0.4 is 5.19 Å². The van der Waals surface area contributed by atoms with Crippen molar-refractivity contribution in [2.45, 2.75) is 13.1 Å². The summed E-state index contributed by atoms with van der Waals surface area (Å²) in [7, 11) is -1.89. The maximum Gasteiger partial charge on any atom is 0.123 e. The smallest absolute Gasteiger partial charge is 0.123 e. The SMILES string of the molecule is C=Cc1ccccc1[Si](C)(C)C(=C)c1ccc(F)cc1. The first-order chi connectivity index (χ1) is 9.46. The molecule has 0 aliphatic heterocycles. The monoisotopic (exact) mass is 282 g/mol. The highest BCUT2D eigenvalue weighted by atomic mass is 28.3. The summed E-state index contributed by atoms with van der Waals surface area (Å²) in [6.45, 7) is 12.7. The minimum absolute atomic E-state index is 0.215. The molecule has 0 heterocycles. The summed E-state index contributed by atoms with van der Waals surface area (Å²) in [4.78, 5) is 0. The molecule has 0 N–H and O–H groups in total. The summed E-state index contributed by atoms with van der Waals surface area (Å²) in [5.74, 6) is -0.215. The van der Waals surface area contributed by atoms with Gasteiger partial charge in [0.15, 0.2) is 0 Å². The van der Waals surface area contributed by atoms with Crippen molar-refractivity contribution in [3.8, 4) is 0 Å². The molecule has 0 aromatic heterocycles. The van der Waals surface area contributed by atoms with E-state index in [1.165, 1.54) is 17.3 Å². The first-order valence-electron chi connectivity index (χ1n) is 6.64. The van der Waals surface area contributed by atoms with Crippen LogP contribution in [0.25, 0.3) is 11.3 Å². The summed E-state index contributed by atoms with van der Waals surface area (Å²) in [6, 6.07) is 14.9. The van der Waals surface area contributed by atoms with Crippen LogP contribution in [-0.4, -0.2) is 8.07 Å². The third-order valence-corrected chi connectivity index (χ3v) is 7.40. The molecule has 0 unspecified atom stereocenters. The standard InChI is InChI=1S/C18H19FSi/c1-5-15-8-6-7-9-18(15)20(3,4)14(2)16-10-12-17(19)13-11-16/h5-13H,1-2H2,3-4H3. The number of hydrogen-bond acceptors (Lipinski definition) is 0. The van der Waals surface area contributed by atoms with Crippen LogP contribution in [-0.2, 0) is 0 Å². The van der Waals surface area contributed by atoms with Gasteiger partial charge in [-0.1, -0.05) is 73.9 Å². The average molecular weight is 282 g/mol. The molecule has 0 fully saturated rings. The zero-order valence-corrected chi connectivity index (χ0v) is 13.0. The number of rotatable bonds is 4. The van der Waals surface area contributed by atoms with Crippen molar-refractivity contribution in [3.05, 3.63) is 78.6 Å². The van der Waals surface area contributed by atoms with Crippen LogP contribution in [0.1, 0.15) is 11.1 Å². The average Bonchev–Trinajstić information content (AvgIpc) is 2.47. The Bertz CT molecular complexity index is 639. The molecule has 2 rings (SSSR count). The molecule has 0 aliphatic rings. The highest BCUT2D eigenvalue weighted by Gasteiger charge is 2.29. The molecule has 0 saturated carbocycles. The Hall–Kier alpha value is -1.93. The third kappa shape index (κ3) is 2.65. The van der Waals surface area contributed by atoms with Gasteiger partial charge in [0.05, 0.1) is 0 Å². The second-order valence-electron chi connectivity index (χ2n) is 5.40. The maximum absolute atomic E-state index is 13.1. The number of halogens is 1. The van der Waals surface area contributed by atoms with Gasteiger partial charge in [0.1, 0.15) is 13.9 Å².